The number of aryl methyl sites for hydroxylation is 1. The van der Waals surface area contributed by atoms with Gasteiger partial charge in [0.1, 0.15) is 0 Å². The summed E-state index contributed by atoms with van der Waals surface area (Å²) in [7, 11) is 0. The second-order valence-electron chi connectivity index (χ2n) is 7.01. The molecule has 0 aliphatic heterocycles. The number of rotatable bonds is 6. The van der Waals surface area contributed by atoms with E-state index in [-0.39, 0.29) is 5.91 Å². The van der Waals surface area contributed by atoms with Crippen molar-refractivity contribution in [2.45, 2.75) is 31.2 Å². The number of hydrogen-bond donors (Lipinski definition) is 1. The van der Waals surface area contributed by atoms with Crippen molar-refractivity contribution in [2.24, 2.45) is 0 Å². The zero-order chi connectivity index (χ0) is 22.8. The number of thioether (sulfide) groups is 1. The molecule has 2 aromatic heterocycles. The Bertz CT molecular complexity index is 1290. The molecule has 4 rings (SSSR count). The van der Waals surface area contributed by atoms with E-state index in [9.17, 15) is 13.6 Å². The summed E-state index contributed by atoms with van der Waals surface area (Å²) in [6.07, 6.45) is 0. The van der Waals surface area contributed by atoms with Gasteiger partial charge in [0.15, 0.2) is 16.8 Å². The van der Waals surface area contributed by atoms with E-state index >= 15 is 0 Å². The molecule has 0 saturated heterocycles. The molecule has 7 nitrogen and oxygen atoms in total. The van der Waals surface area contributed by atoms with E-state index in [4.69, 9.17) is 0 Å². The van der Waals surface area contributed by atoms with Gasteiger partial charge in [-0.15, -0.1) is 16.4 Å². The maximum atomic E-state index is 13.5. The van der Waals surface area contributed by atoms with E-state index in [0.29, 0.717) is 21.5 Å². The number of anilines is 1. The highest BCUT2D eigenvalue weighted by molar-refractivity contribution is 8.00. The van der Waals surface area contributed by atoms with Crippen molar-refractivity contribution in [2.75, 3.05) is 5.32 Å². The van der Waals surface area contributed by atoms with Crippen LogP contribution in [0.2, 0.25) is 0 Å². The molecule has 0 fully saturated rings. The van der Waals surface area contributed by atoms with E-state index in [2.05, 4.69) is 25.8 Å². The molecule has 4 aromatic rings. The second kappa shape index (κ2) is 9.13. The predicted octanol–water partition coefficient (Wildman–Crippen LogP) is 4.80. The van der Waals surface area contributed by atoms with Crippen LogP contribution in [0.15, 0.2) is 46.9 Å². The molecule has 2 aromatic carbocycles. The second-order valence-corrected chi connectivity index (χ2v) is 9.17. The van der Waals surface area contributed by atoms with Crippen LogP contribution in [0.4, 0.5) is 13.9 Å². The minimum absolute atomic E-state index is 0.281. The zero-order valence-corrected chi connectivity index (χ0v) is 19.0. The zero-order valence-electron chi connectivity index (χ0n) is 17.3. The average Bonchev–Trinajstić information content (AvgIpc) is 3.42. The third-order valence-electron chi connectivity index (χ3n) is 4.85. The number of thiazole rings is 1. The third kappa shape index (κ3) is 4.53. The third-order valence-corrected chi connectivity index (χ3v) is 6.64. The van der Waals surface area contributed by atoms with Crippen molar-refractivity contribution in [3.8, 4) is 16.9 Å². The molecule has 11 heteroatoms. The predicted molar refractivity (Wildman–Crippen MR) is 120 cm³/mol. The molecule has 1 N–H and O–H groups in total. The minimum Gasteiger partial charge on any atom is -0.301 e. The molecule has 1 atom stereocenters. The van der Waals surface area contributed by atoms with E-state index in [1.165, 1.54) is 29.2 Å². The van der Waals surface area contributed by atoms with E-state index in [1.54, 1.807) is 17.0 Å². The summed E-state index contributed by atoms with van der Waals surface area (Å²) in [6.45, 7) is 5.74. The van der Waals surface area contributed by atoms with Gasteiger partial charge in [-0.1, -0.05) is 23.9 Å². The van der Waals surface area contributed by atoms with Crippen LogP contribution in [0.1, 0.15) is 18.1 Å². The first-order valence-corrected chi connectivity index (χ1v) is 11.3. The number of carbonyl (C=O) groups excluding carboxylic acids is 1. The van der Waals surface area contributed by atoms with Gasteiger partial charge >= 0.3 is 0 Å². The molecule has 164 valence electrons. The lowest BCUT2D eigenvalue weighted by atomic mass is 10.1. The SMILES string of the molecule is Cc1cccc(-n2nnnc2SC(C)C(=O)Nc2nc(-c3ccc(F)c(F)c3)cs2)c1C. The lowest BCUT2D eigenvalue weighted by Crippen LogP contribution is -2.22. The van der Waals surface area contributed by atoms with Gasteiger partial charge in [-0.25, -0.2) is 13.8 Å². The number of amides is 1. The van der Waals surface area contributed by atoms with Crippen molar-refractivity contribution < 1.29 is 13.6 Å². The summed E-state index contributed by atoms with van der Waals surface area (Å²) >= 11 is 2.42. The Morgan fingerprint density at radius 2 is 2.00 bits per heavy atom. The van der Waals surface area contributed by atoms with Crippen LogP contribution < -0.4 is 5.32 Å². The number of carbonyl (C=O) groups is 1. The molecule has 0 spiro atoms. The topological polar surface area (TPSA) is 85.6 Å². The van der Waals surface area contributed by atoms with Gasteiger partial charge in [0.25, 0.3) is 0 Å². The van der Waals surface area contributed by atoms with Crippen LogP contribution in [-0.4, -0.2) is 36.3 Å². The fourth-order valence-electron chi connectivity index (χ4n) is 2.91. The smallest absolute Gasteiger partial charge is 0.239 e. The van der Waals surface area contributed by atoms with Crippen LogP contribution in [0.3, 0.4) is 0 Å². The quantitative estimate of drug-likeness (QED) is 0.406. The molecule has 2 heterocycles. The number of hydrogen-bond acceptors (Lipinski definition) is 7. The molecule has 0 saturated carbocycles. The lowest BCUT2D eigenvalue weighted by molar-refractivity contribution is -0.115. The summed E-state index contributed by atoms with van der Waals surface area (Å²) in [5.41, 5.74) is 3.88. The van der Waals surface area contributed by atoms with Crippen LogP contribution in [0.5, 0.6) is 0 Å². The van der Waals surface area contributed by atoms with E-state index in [0.717, 1.165) is 28.9 Å². The van der Waals surface area contributed by atoms with Crippen molar-refractivity contribution in [1.29, 1.82) is 0 Å². The highest BCUT2D eigenvalue weighted by Gasteiger charge is 2.21. The van der Waals surface area contributed by atoms with Crippen LogP contribution in [0.25, 0.3) is 16.9 Å². The Morgan fingerprint density at radius 3 is 2.78 bits per heavy atom. The molecule has 1 amide bonds. The molecule has 0 aliphatic carbocycles. The summed E-state index contributed by atoms with van der Waals surface area (Å²) in [5.74, 6) is -2.16. The fraction of sp³-hybridized carbons (Fsp3) is 0.190. The monoisotopic (exact) mass is 472 g/mol. The largest absolute Gasteiger partial charge is 0.301 e. The number of benzene rings is 2. The van der Waals surface area contributed by atoms with Crippen molar-refractivity contribution in [1.82, 2.24) is 25.2 Å². The Morgan fingerprint density at radius 1 is 1.19 bits per heavy atom. The highest BCUT2D eigenvalue weighted by atomic mass is 32.2. The van der Waals surface area contributed by atoms with Gasteiger partial charge in [0.05, 0.1) is 16.6 Å². The standard InChI is InChI=1S/C21H18F2N6OS2/c1-11-5-4-6-18(12(11)2)29-21(26-27-28-29)32-13(3)19(30)25-20-24-17(10-31-20)14-7-8-15(22)16(23)9-14/h4-10,13H,1-3H3,(H,24,25,30). The minimum atomic E-state index is -0.951. The van der Waals surface area contributed by atoms with Crippen LogP contribution in [-0.2, 0) is 4.79 Å². The normalized spacial score (nSPS) is 12.0. The molecule has 0 radical (unpaired) electrons. The van der Waals surface area contributed by atoms with E-state index < -0.39 is 16.9 Å². The van der Waals surface area contributed by atoms with Gasteiger partial charge in [-0.2, -0.15) is 4.68 Å². The number of halogens is 2. The first-order chi connectivity index (χ1) is 15.3. The average molecular weight is 473 g/mol. The van der Waals surface area contributed by atoms with E-state index in [1.807, 2.05) is 32.0 Å². The molecule has 0 bridgehead atoms. The summed E-state index contributed by atoms with van der Waals surface area (Å²) in [5, 5.41) is 16.6. The molecule has 32 heavy (non-hydrogen) atoms. The molecule has 1 unspecified atom stereocenters. The van der Waals surface area contributed by atoms with Gasteiger partial charge in [-0.3, -0.25) is 4.79 Å². The number of nitrogens with zero attached hydrogens (tertiary/aromatic N) is 5. The Kier molecular flexibility index (Phi) is 6.28. The van der Waals surface area contributed by atoms with Crippen molar-refractivity contribution in [3.05, 3.63) is 64.5 Å². The number of nitrogens with one attached hydrogen (secondary N) is 1. The van der Waals surface area contributed by atoms with Crippen LogP contribution >= 0.6 is 23.1 Å². The lowest BCUT2D eigenvalue weighted by Gasteiger charge is -2.12. The van der Waals surface area contributed by atoms with Crippen molar-refractivity contribution >= 4 is 34.1 Å². The van der Waals surface area contributed by atoms with Gasteiger partial charge in [0.2, 0.25) is 11.1 Å². The Balaban J connectivity index is 1.46. The molecular formula is C21H18F2N6OS2. The number of tetrazole rings is 1. The Hall–Kier alpha value is -3.18. The first kappa shape index (κ1) is 22.0. The summed E-state index contributed by atoms with van der Waals surface area (Å²) in [6, 6.07) is 9.40. The van der Waals surface area contributed by atoms with Crippen LogP contribution in [0, 0.1) is 25.5 Å². The summed E-state index contributed by atoms with van der Waals surface area (Å²) in [4.78, 5) is 17.0. The summed E-state index contributed by atoms with van der Waals surface area (Å²) < 4.78 is 28.2. The molecule has 0 aliphatic rings. The molecular weight excluding hydrogens is 454 g/mol. The van der Waals surface area contributed by atoms with Gasteiger partial charge in [-0.05, 0) is 66.6 Å². The maximum absolute atomic E-state index is 13.5. The number of aromatic nitrogens is 5. The first-order valence-electron chi connectivity index (χ1n) is 9.57. The fourth-order valence-corrected chi connectivity index (χ4v) is 4.43. The highest BCUT2D eigenvalue weighted by Crippen LogP contribution is 2.28. The van der Waals surface area contributed by atoms with Crippen molar-refractivity contribution in [3.63, 3.8) is 0 Å². The van der Waals surface area contributed by atoms with Gasteiger partial charge < -0.3 is 5.32 Å². The Labute approximate surface area is 190 Å². The maximum Gasteiger partial charge on any atom is 0.239 e. The van der Waals surface area contributed by atoms with Gasteiger partial charge in [0, 0.05) is 10.9 Å².